The van der Waals surface area contributed by atoms with Gasteiger partial charge in [-0.25, -0.2) is 4.57 Å². The summed E-state index contributed by atoms with van der Waals surface area (Å²) in [5.41, 5.74) is 5.38. The smallest absolute Gasteiger partial charge is 0.462 e. The second kappa shape index (κ2) is 60.6. The van der Waals surface area contributed by atoms with Crippen molar-refractivity contribution >= 4 is 19.8 Å². The van der Waals surface area contributed by atoms with Gasteiger partial charge in [0.2, 0.25) is 0 Å². The minimum absolute atomic E-state index is 0.0381. The molecule has 2 atom stereocenters. The molecule has 0 aliphatic carbocycles. The zero-order valence-corrected chi connectivity index (χ0v) is 49.0. The molecule has 0 aromatic heterocycles. The summed E-state index contributed by atoms with van der Waals surface area (Å²) in [6, 6.07) is 0. The number of unbranched alkanes of at least 4 members (excludes halogenated alkanes) is 12. The van der Waals surface area contributed by atoms with Crippen LogP contribution in [0.4, 0.5) is 0 Å². The Bertz CT molecular complexity index is 1860. The van der Waals surface area contributed by atoms with Crippen molar-refractivity contribution in [3.8, 4) is 0 Å². The summed E-state index contributed by atoms with van der Waals surface area (Å²) < 4.78 is 33.0. The Hall–Kier alpha value is -4.63. The predicted octanol–water partition coefficient (Wildman–Crippen LogP) is 19.1. The van der Waals surface area contributed by atoms with Gasteiger partial charge in [-0.05, 0) is 128 Å². The van der Waals surface area contributed by atoms with Gasteiger partial charge in [0, 0.05) is 19.4 Å². The molecule has 0 aromatic rings. The molecule has 0 radical (unpaired) electrons. The lowest BCUT2D eigenvalue weighted by molar-refractivity contribution is -0.161. The molecule has 10 heteroatoms. The average molecular weight is 1080 g/mol. The molecule has 432 valence electrons. The van der Waals surface area contributed by atoms with Gasteiger partial charge < -0.3 is 20.1 Å². The van der Waals surface area contributed by atoms with Gasteiger partial charge in [0.25, 0.3) is 0 Å². The first kappa shape index (κ1) is 72.4. The van der Waals surface area contributed by atoms with Crippen LogP contribution in [0.15, 0.2) is 170 Å². The van der Waals surface area contributed by atoms with E-state index in [2.05, 4.69) is 184 Å². The summed E-state index contributed by atoms with van der Waals surface area (Å²) >= 11 is 0. The monoisotopic (exact) mass is 1080 g/mol. The van der Waals surface area contributed by atoms with Crippen LogP contribution in [-0.4, -0.2) is 49.3 Å². The van der Waals surface area contributed by atoms with E-state index in [0.29, 0.717) is 12.8 Å². The molecule has 0 aliphatic heterocycles. The van der Waals surface area contributed by atoms with Gasteiger partial charge in [0.1, 0.15) is 6.61 Å². The molecule has 0 heterocycles. The minimum Gasteiger partial charge on any atom is -0.462 e. The molecular weight excluding hydrogens is 978 g/mol. The Morgan fingerprint density at radius 2 is 0.675 bits per heavy atom. The maximum atomic E-state index is 12.7. The van der Waals surface area contributed by atoms with E-state index in [0.717, 1.165) is 167 Å². The Kier molecular flexibility index (Phi) is 57.0. The molecule has 0 rings (SSSR count). The summed E-state index contributed by atoms with van der Waals surface area (Å²) in [5, 5.41) is 0. The molecular formula is C67H106NO8P. The summed E-state index contributed by atoms with van der Waals surface area (Å²) in [6.07, 6.45) is 89.7. The fourth-order valence-corrected chi connectivity index (χ4v) is 8.07. The largest absolute Gasteiger partial charge is 0.472 e. The predicted molar refractivity (Wildman–Crippen MR) is 329 cm³/mol. The van der Waals surface area contributed by atoms with Gasteiger partial charge in [0.15, 0.2) is 6.10 Å². The van der Waals surface area contributed by atoms with E-state index in [1.165, 1.54) is 0 Å². The van der Waals surface area contributed by atoms with E-state index in [9.17, 15) is 19.0 Å². The lowest BCUT2D eigenvalue weighted by Gasteiger charge is -2.19. The third kappa shape index (κ3) is 60.5. The SMILES string of the molecule is CC/C=C\C/C=C\C/C=C\C/C=C\C/C=C\C/C=C\C/C=C\C/C=C\CCCCCCCCC(=O)OC(COC(=O)CCCCCCCC/C=C\C/C=C\C/C=C\C/C=C\C/C=C\C/C=C\CC)COP(=O)(O)OCCN. The third-order valence-electron chi connectivity index (χ3n) is 11.6. The van der Waals surface area contributed by atoms with Crippen molar-refractivity contribution in [2.45, 2.75) is 213 Å². The average Bonchev–Trinajstić information content (AvgIpc) is 3.42. The standard InChI is InChI=1S/C67H106NO8P/c1-3-5-7-9-11-13-15-17-19-21-23-25-27-29-30-31-32-33-34-36-38-40-42-44-46-48-50-52-54-56-58-60-67(70)76-65(64-75-77(71,72)74-62-61-68)63-73-66(69)59-57-55-53-51-49-47-45-43-41-39-37-35-28-26-24-22-20-18-16-14-12-10-8-6-4-2/h5-8,11-14,17-20,23-26,29-30,32-33,35-38,41-44,65H,3-4,9-10,15-16,21-22,27-28,31,34,39-40,45-64,68H2,1-2H3,(H,71,72)/b7-5-,8-6-,13-11-,14-12-,19-17-,20-18-,25-23-,26-24-,30-29-,33-32-,37-35-,38-36-,43-41-,44-42-. The fraction of sp³-hybridized carbons (Fsp3) is 0.552. The van der Waals surface area contributed by atoms with Gasteiger partial charge in [-0.2, -0.15) is 0 Å². The van der Waals surface area contributed by atoms with Crippen LogP contribution in [0, 0.1) is 0 Å². The van der Waals surface area contributed by atoms with Crippen molar-refractivity contribution in [3.05, 3.63) is 170 Å². The highest BCUT2D eigenvalue weighted by molar-refractivity contribution is 7.47. The van der Waals surface area contributed by atoms with E-state index < -0.39 is 32.5 Å². The first-order chi connectivity index (χ1) is 37.8. The lowest BCUT2D eigenvalue weighted by Crippen LogP contribution is -2.29. The van der Waals surface area contributed by atoms with Gasteiger partial charge in [-0.15, -0.1) is 0 Å². The highest BCUT2D eigenvalue weighted by Gasteiger charge is 2.26. The molecule has 77 heavy (non-hydrogen) atoms. The number of rotatable bonds is 53. The van der Waals surface area contributed by atoms with Gasteiger partial charge >= 0.3 is 19.8 Å². The quantitative estimate of drug-likeness (QED) is 0.0264. The zero-order valence-electron chi connectivity index (χ0n) is 48.1. The van der Waals surface area contributed by atoms with E-state index in [4.69, 9.17) is 24.3 Å². The molecule has 0 aromatic carbocycles. The molecule has 0 fully saturated rings. The topological polar surface area (TPSA) is 134 Å². The number of carbonyl (C=O) groups excluding carboxylic acids is 2. The van der Waals surface area contributed by atoms with Crippen molar-refractivity contribution in [3.63, 3.8) is 0 Å². The number of esters is 2. The highest BCUT2D eigenvalue weighted by Crippen LogP contribution is 2.43. The summed E-state index contributed by atoms with van der Waals surface area (Å²) in [7, 11) is -4.41. The van der Waals surface area contributed by atoms with Crippen LogP contribution < -0.4 is 5.73 Å². The van der Waals surface area contributed by atoms with Gasteiger partial charge in [0.05, 0.1) is 13.2 Å². The summed E-state index contributed by atoms with van der Waals surface area (Å²) in [6.45, 7) is 3.45. The molecule has 0 spiro atoms. The number of nitrogens with two attached hydrogens (primary N) is 1. The zero-order chi connectivity index (χ0) is 55.9. The molecule has 0 bridgehead atoms. The molecule has 3 N–H and O–H groups in total. The number of carbonyl (C=O) groups is 2. The Labute approximate surface area is 470 Å². The Morgan fingerprint density at radius 3 is 1.00 bits per heavy atom. The van der Waals surface area contributed by atoms with Gasteiger partial charge in [-0.3, -0.25) is 18.6 Å². The molecule has 0 aliphatic rings. The molecule has 2 unspecified atom stereocenters. The Morgan fingerprint density at radius 1 is 0.390 bits per heavy atom. The number of hydrogen-bond acceptors (Lipinski definition) is 8. The fourth-order valence-electron chi connectivity index (χ4n) is 7.30. The lowest BCUT2D eigenvalue weighted by atomic mass is 10.1. The third-order valence-corrected chi connectivity index (χ3v) is 12.6. The van der Waals surface area contributed by atoms with Crippen LogP contribution in [0.2, 0.25) is 0 Å². The minimum atomic E-state index is -4.41. The summed E-state index contributed by atoms with van der Waals surface area (Å²) in [5.74, 6) is -0.877. The second-order valence-corrected chi connectivity index (χ2v) is 20.2. The van der Waals surface area contributed by atoms with Crippen molar-refractivity contribution in [2.24, 2.45) is 5.73 Å². The van der Waals surface area contributed by atoms with Crippen molar-refractivity contribution in [1.82, 2.24) is 0 Å². The van der Waals surface area contributed by atoms with Crippen LogP contribution in [0.5, 0.6) is 0 Å². The first-order valence-corrected chi connectivity index (χ1v) is 31.1. The second-order valence-electron chi connectivity index (χ2n) is 18.7. The van der Waals surface area contributed by atoms with Crippen LogP contribution in [-0.2, 0) is 32.7 Å². The highest BCUT2D eigenvalue weighted by atomic mass is 31.2. The maximum Gasteiger partial charge on any atom is 0.472 e. The molecule has 0 saturated carbocycles. The maximum absolute atomic E-state index is 12.7. The normalized spacial score (nSPS) is 14.3. The number of allylic oxidation sites excluding steroid dienone is 28. The van der Waals surface area contributed by atoms with Crippen molar-refractivity contribution in [1.29, 1.82) is 0 Å². The van der Waals surface area contributed by atoms with Crippen molar-refractivity contribution < 1.29 is 37.6 Å². The van der Waals surface area contributed by atoms with Crippen LogP contribution in [0.25, 0.3) is 0 Å². The van der Waals surface area contributed by atoms with Crippen LogP contribution in [0.3, 0.4) is 0 Å². The van der Waals surface area contributed by atoms with E-state index >= 15 is 0 Å². The van der Waals surface area contributed by atoms with E-state index in [-0.39, 0.29) is 32.6 Å². The van der Waals surface area contributed by atoms with E-state index in [1.54, 1.807) is 0 Å². The van der Waals surface area contributed by atoms with Crippen molar-refractivity contribution in [2.75, 3.05) is 26.4 Å². The number of phosphoric acid groups is 1. The van der Waals surface area contributed by atoms with Crippen LogP contribution in [0.1, 0.15) is 206 Å². The molecule has 0 saturated heterocycles. The van der Waals surface area contributed by atoms with Crippen LogP contribution >= 0.6 is 7.82 Å². The van der Waals surface area contributed by atoms with Gasteiger partial charge in [-0.1, -0.05) is 235 Å². The summed E-state index contributed by atoms with van der Waals surface area (Å²) in [4.78, 5) is 35.2. The first-order valence-electron chi connectivity index (χ1n) is 29.6. The number of phosphoric ester groups is 1. The van der Waals surface area contributed by atoms with E-state index in [1.807, 2.05) is 0 Å². The molecule has 0 amide bonds. The Balaban J connectivity index is 4.12. The molecule has 9 nitrogen and oxygen atoms in total. The number of hydrogen-bond donors (Lipinski definition) is 2. The number of ether oxygens (including phenoxy) is 2.